The van der Waals surface area contributed by atoms with Gasteiger partial charge in [-0.25, -0.2) is 9.37 Å². The van der Waals surface area contributed by atoms with Gasteiger partial charge in [0.2, 0.25) is 5.91 Å². The summed E-state index contributed by atoms with van der Waals surface area (Å²) in [6.07, 6.45) is 0.989. The van der Waals surface area contributed by atoms with Crippen molar-refractivity contribution in [2.24, 2.45) is 5.92 Å². The number of carbonyl (C=O) groups excluding carboxylic acids is 2. The van der Waals surface area contributed by atoms with Crippen LogP contribution in [0.1, 0.15) is 35.9 Å². The SMILES string of the molecule is C=C(CCC(C)C(=O)Nc1ccc(F)cc1)NC(=O)c1cccc(C)n1. The van der Waals surface area contributed by atoms with Crippen LogP contribution in [-0.4, -0.2) is 16.8 Å². The van der Waals surface area contributed by atoms with E-state index in [1.807, 2.05) is 13.0 Å². The van der Waals surface area contributed by atoms with E-state index in [2.05, 4.69) is 22.2 Å². The van der Waals surface area contributed by atoms with Gasteiger partial charge in [0.25, 0.3) is 5.91 Å². The number of nitrogens with zero attached hydrogens (tertiary/aromatic N) is 1. The molecule has 0 saturated heterocycles. The van der Waals surface area contributed by atoms with E-state index in [1.165, 1.54) is 24.3 Å². The zero-order chi connectivity index (χ0) is 19.1. The fourth-order valence-corrected chi connectivity index (χ4v) is 2.28. The molecule has 0 radical (unpaired) electrons. The van der Waals surface area contributed by atoms with Crippen molar-refractivity contribution in [3.05, 3.63) is 71.9 Å². The lowest BCUT2D eigenvalue weighted by Gasteiger charge is -2.14. The molecule has 0 aliphatic heterocycles. The van der Waals surface area contributed by atoms with Gasteiger partial charge in [-0.2, -0.15) is 0 Å². The molecule has 2 rings (SSSR count). The van der Waals surface area contributed by atoms with Crippen LogP contribution in [0.2, 0.25) is 0 Å². The molecule has 5 nitrogen and oxygen atoms in total. The van der Waals surface area contributed by atoms with Gasteiger partial charge in [0.05, 0.1) is 0 Å². The second kappa shape index (κ2) is 8.89. The highest BCUT2D eigenvalue weighted by atomic mass is 19.1. The Hall–Kier alpha value is -3.02. The summed E-state index contributed by atoms with van der Waals surface area (Å²) in [6, 6.07) is 10.8. The van der Waals surface area contributed by atoms with Crippen molar-refractivity contribution in [1.29, 1.82) is 0 Å². The minimum atomic E-state index is -0.355. The number of rotatable bonds is 7. The molecule has 0 fully saturated rings. The summed E-state index contributed by atoms with van der Waals surface area (Å²) in [5, 5.41) is 5.44. The smallest absolute Gasteiger partial charge is 0.273 e. The van der Waals surface area contributed by atoms with E-state index in [1.54, 1.807) is 19.1 Å². The monoisotopic (exact) mass is 355 g/mol. The average molecular weight is 355 g/mol. The lowest BCUT2D eigenvalue weighted by atomic mass is 10.0. The molecule has 136 valence electrons. The normalized spacial score (nSPS) is 11.5. The van der Waals surface area contributed by atoms with Crippen molar-refractivity contribution in [3.8, 4) is 0 Å². The van der Waals surface area contributed by atoms with Crippen LogP contribution in [0.15, 0.2) is 54.7 Å². The highest BCUT2D eigenvalue weighted by Gasteiger charge is 2.15. The Morgan fingerprint density at radius 3 is 2.54 bits per heavy atom. The van der Waals surface area contributed by atoms with Gasteiger partial charge in [-0.1, -0.05) is 19.6 Å². The molecule has 2 amide bonds. The highest BCUT2D eigenvalue weighted by Crippen LogP contribution is 2.14. The predicted octanol–water partition coefficient (Wildman–Crippen LogP) is 3.83. The third-order valence-electron chi connectivity index (χ3n) is 3.85. The molecule has 1 heterocycles. The Balaban J connectivity index is 1.79. The number of allylic oxidation sites excluding steroid dienone is 1. The van der Waals surface area contributed by atoms with Crippen molar-refractivity contribution in [3.63, 3.8) is 0 Å². The lowest BCUT2D eigenvalue weighted by molar-refractivity contribution is -0.119. The minimum Gasteiger partial charge on any atom is -0.326 e. The number of nitrogens with one attached hydrogen (secondary N) is 2. The number of aryl methyl sites for hydroxylation is 1. The topological polar surface area (TPSA) is 71.1 Å². The number of carbonyl (C=O) groups is 2. The zero-order valence-corrected chi connectivity index (χ0v) is 14.9. The first-order chi connectivity index (χ1) is 12.3. The van der Waals surface area contributed by atoms with Crippen LogP contribution in [0.5, 0.6) is 0 Å². The number of hydrogen-bond acceptors (Lipinski definition) is 3. The number of pyridine rings is 1. The maximum Gasteiger partial charge on any atom is 0.273 e. The molecule has 2 aromatic rings. The second-order valence-electron chi connectivity index (χ2n) is 6.16. The molecule has 0 aliphatic rings. The molecule has 1 aromatic carbocycles. The maximum absolute atomic E-state index is 12.9. The Kier molecular flexibility index (Phi) is 6.60. The fourth-order valence-electron chi connectivity index (χ4n) is 2.28. The second-order valence-corrected chi connectivity index (χ2v) is 6.16. The van der Waals surface area contributed by atoms with Crippen molar-refractivity contribution >= 4 is 17.5 Å². The van der Waals surface area contributed by atoms with Crippen LogP contribution in [0.25, 0.3) is 0 Å². The van der Waals surface area contributed by atoms with Crippen LogP contribution in [0.3, 0.4) is 0 Å². The largest absolute Gasteiger partial charge is 0.326 e. The van der Waals surface area contributed by atoms with Gasteiger partial charge in [0, 0.05) is 23.0 Å². The summed E-state index contributed by atoms with van der Waals surface area (Å²) in [5.41, 5.74) is 2.16. The summed E-state index contributed by atoms with van der Waals surface area (Å²) < 4.78 is 12.9. The Bertz CT molecular complexity index is 803. The van der Waals surface area contributed by atoms with E-state index in [0.717, 1.165) is 5.69 Å². The summed E-state index contributed by atoms with van der Waals surface area (Å²) in [6.45, 7) is 7.43. The molecule has 1 unspecified atom stereocenters. The number of benzene rings is 1. The molecule has 26 heavy (non-hydrogen) atoms. The Morgan fingerprint density at radius 1 is 1.19 bits per heavy atom. The van der Waals surface area contributed by atoms with Crippen LogP contribution in [-0.2, 0) is 4.79 Å². The number of aromatic nitrogens is 1. The van der Waals surface area contributed by atoms with Gasteiger partial charge in [-0.15, -0.1) is 0 Å². The third-order valence-corrected chi connectivity index (χ3v) is 3.85. The molecule has 0 spiro atoms. The molecule has 2 N–H and O–H groups in total. The molecule has 1 aromatic heterocycles. The van der Waals surface area contributed by atoms with Crippen molar-refractivity contribution in [1.82, 2.24) is 10.3 Å². The Morgan fingerprint density at radius 2 is 1.88 bits per heavy atom. The van der Waals surface area contributed by atoms with Crippen molar-refractivity contribution in [2.75, 3.05) is 5.32 Å². The van der Waals surface area contributed by atoms with Gasteiger partial charge in [0.1, 0.15) is 11.5 Å². The van der Waals surface area contributed by atoms with Crippen LogP contribution in [0.4, 0.5) is 10.1 Å². The van der Waals surface area contributed by atoms with Gasteiger partial charge in [0.15, 0.2) is 0 Å². The molecule has 0 saturated carbocycles. The first kappa shape index (κ1) is 19.3. The molecular weight excluding hydrogens is 333 g/mol. The van der Waals surface area contributed by atoms with Crippen LogP contribution < -0.4 is 10.6 Å². The third kappa shape index (κ3) is 5.81. The highest BCUT2D eigenvalue weighted by molar-refractivity contribution is 5.93. The predicted molar refractivity (Wildman–Crippen MR) is 99.0 cm³/mol. The van der Waals surface area contributed by atoms with Crippen molar-refractivity contribution in [2.45, 2.75) is 26.7 Å². The van der Waals surface area contributed by atoms with E-state index < -0.39 is 0 Å². The molecule has 1 atom stereocenters. The van der Waals surface area contributed by atoms with Crippen LogP contribution >= 0.6 is 0 Å². The molecule has 0 aliphatic carbocycles. The van der Waals surface area contributed by atoms with Gasteiger partial charge < -0.3 is 10.6 Å². The van der Waals surface area contributed by atoms with Gasteiger partial charge in [-0.3, -0.25) is 9.59 Å². The maximum atomic E-state index is 12.9. The number of amides is 2. The van der Waals surface area contributed by atoms with E-state index in [9.17, 15) is 14.0 Å². The summed E-state index contributed by atoms with van der Waals surface area (Å²) in [4.78, 5) is 28.4. The van der Waals surface area contributed by atoms with E-state index >= 15 is 0 Å². The molecular formula is C20H22FN3O2. The Labute approximate surface area is 152 Å². The van der Waals surface area contributed by atoms with Gasteiger partial charge in [-0.05, 0) is 56.2 Å². The van der Waals surface area contributed by atoms with Gasteiger partial charge >= 0.3 is 0 Å². The number of halogens is 1. The quantitative estimate of drug-likeness (QED) is 0.793. The molecule has 6 heteroatoms. The fraction of sp³-hybridized carbons (Fsp3) is 0.250. The number of hydrogen-bond donors (Lipinski definition) is 2. The lowest BCUT2D eigenvalue weighted by Crippen LogP contribution is -2.25. The summed E-state index contributed by atoms with van der Waals surface area (Å²) in [7, 11) is 0. The van der Waals surface area contributed by atoms with E-state index in [4.69, 9.17) is 0 Å². The van der Waals surface area contributed by atoms with Crippen molar-refractivity contribution < 1.29 is 14.0 Å². The van der Waals surface area contributed by atoms with Crippen LogP contribution in [0, 0.1) is 18.7 Å². The minimum absolute atomic E-state index is 0.170. The van der Waals surface area contributed by atoms with E-state index in [0.29, 0.717) is 29.9 Å². The standard InChI is InChI=1S/C20H22FN3O2/c1-13(19(25)24-17-11-9-16(21)10-12-17)7-8-15(3)23-20(26)18-6-4-5-14(2)22-18/h4-6,9-13H,3,7-8H2,1-2H3,(H,23,26)(H,24,25). The number of anilines is 1. The molecule has 0 bridgehead atoms. The first-order valence-corrected chi connectivity index (χ1v) is 8.34. The first-order valence-electron chi connectivity index (χ1n) is 8.34. The summed E-state index contributed by atoms with van der Waals surface area (Å²) >= 11 is 0. The average Bonchev–Trinajstić information content (AvgIpc) is 2.61. The summed E-state index contributed by atoms with van der Waals surface area (Å²) in [5.74, 6) is -1.13. The zero-order valence-electron chi connectivity index (χ0n) is 14.9. The van der Waals surface area contributed by atoms with E-state index in [-0.39, 0.29) is 23.5 Å².